The van der Waals surface area contributed by atoms with Crippen LogP contribution in [0.4, 0.5) is 0 Å². The third-order valence-electron chi connectivity index (χ3n) is 6.08. The van der Waals surface area contributed by atoms with Crippen LogP contribution in [0.2, 0.25) is 0 Å². The van der Waals surface area contributed by atoms with E-state index in [0.717, 1.165) is 23.3 Å². The summed E-state index contributed by atoms with van der Waals surface area (Å²) in [6, 6.07) is 4.95. The van der Waals surface area contributed by atoms with E-state index in [9.17, 15) is 19.5 Å². The Morgan fingerprint density at radius 1 is 1.26 bits per heavy atom. The van der Waals surface area contributed by atoms with Crippen LogP contribution in [0.15, 0.2) is 33.7 Å². The SMILES string of the molecule is O=C1C[C@H](COCc2ccc(C(=O)OCCO)o2)[C@@H](CSc2ccnc3c2CCCC3O)C1=O. The number of aliphatic hydroxyl groups is 2. The molecule has 1 unspecified atom stereocenters. The maximum atomic E-state index is 12.5. The Labute approximate surface area is 200 Å². The van der Waals surface area contributed by atoms with Crippen molar-refractivity contribution in [3.63, 3.8) is 0 Å². The number of ketones is 2. The summed E-state index contributed by atoms with van der Waals surface area (Å²) in [6.07, 6.45) is 3.69. The summed E-state index contributed by atoms with van der Waals surface area (Å²) in [4.78, 5) is 41.7. The van der Waals surface area contributed by atoms with Gasteiger partial charge < -0.3 is 24.1 Å². The van der Waals surface area contributed by atoms with E-state index in [1.807, 2.05) is 6.07 Å². The number of furan rings is 1. The van der Waals surface area contributed by atoms with Gasteiger partial charge >= 0.3 is 5.97 Å². The van der Waals surface area contributed by atoms with Gasteiger partial charge in [0.2, 0.25) is 11.5 Å². The number of carbonyl (C=O) groups excluding carboxylic acids is 3. The van der Waals surface area contributed by atoms with Crippen LogP contribution in [0.3, 0.4) is 0 Å². The van der Waals surface area contributed by atoms with Crippen LogP contribution in [-0.2, 0) is 32.1 Å². The van der Waals surface area contributed by atoms with Crippen LogP contribution < -0.4 is 0 Å². The Morgan fingerprint density at radius 3 is 2.94 bits per heavy atom. The summed E-state index contributed by atoms with van der Waals surface area (Å²) in [6.45, 7) is -0.0910. The molecule has 9 nitrogen and oxygen atoms in total. The van der Waals surface area contributed by atoms with Crippen molar-refractivity contribution in [1.29, 1.82) is 0 Å². The molecule has 182 valence electrons. The normalized spacial score (nSPS) is 22.1. The lowest BCUT2D eigenvalue weighted by molar-refractivity contribution is -0.135. The zero-order valence-electron chi connectivity index (χ0n) is 18.6. The molecule has 10 heteroatoms. The molecule has 2 N–H and O–H groups in total. The van der Waals surface area contributed by atoms with E-state index in [1.165, 1.54) is 17.8 Å². The quantitative estimate of drug-likeness (QED) is 0.290. The van der Waals surface area contributed by atoms with Crippen molar-refractivity contribution < 1.29 is 38.5 Å². The molecular formula is C24H27NO8S. The summed E-state index contributed by atoms with van der Waals surface area (Å²) in [5.41, 5.74) is 1.74. The Hall–Kier alpha value is -2.53. The topological polar surface area (TPSA) is 136 Å². The van der Waals surface area contributed by atoms with Gasteiger partial charge in [-0.15, -0.1) is 11.8 Å². The maximum Gasteiger partial charge on any atom is 0.374 e. The molecule has 0 aliphatic heterocycles. The third-order valence-corrected chi connectivity index (χ3v) is 7.30. The first-order chi connectivity index (χ1) is 16.5. The number of carbonyl (C=O) groups is 3. The van der Waals surface area contributed by atoms with E-state index in [-0.39, 0.29) is 56.1 Å². The number of fused-ring (bicyclic) bond motifs is 1. The number of esters is 1. The molecule has 34 heavy (non-hydrogen) atoms. The van der Waals surface area contributed by atoms with Crippen molar-refractivity contribution in [2.75, 3.05) is 25.6 Å². The second kappa shape index (κ2) is 11.3. The van der Waals surface area contributed by atoms with E-state index in [2.05, 4.69) is 4.98 Å². The number of rotatable bonds is 10. The van der Waals surface area contributed by atoms with Crippen LogP contribution in [0.5, 0.6) is 0 Å². The zero-order chi connectivity index (χ0) is 24.1. The maximum absolute atomic E-state index is 12.5. The first-order valence-corrected chi connectivity index (χ1v) is 12.3. The molecule has 3 atom stereocenters. The van der Waals surface area contributed by atoms with Gasteiger partial charge in [0.15, 0.2) is 5.78 Å². The highest BCUT2D eigenvalue weighted by Gasteiger charge is 2.41. The van der Waals surface area contributed by atoms with Crippen molar-refractivity contribution in [1.82, 2.24) is 4.98 Å². The van der Waals surface area contributed by atoms with Crippen LogP contribution in [0.1, 0.15) is 52.9 Å². The number of hydrogen-bond acceptors (Lipinski definition) is 10. The van der Waals surface area contributed by atoms with E-state index < -0.39 is 18.0 Å². The summed E-state index contributed by atoms with van der Waals surface area (Å²) >= 11 is 1.52. The Kier molecular flexibility index (Phi) is 8.15. The molecule has 2 aliphatic carbocycles. The Bertz CT molecular complexity index is 1050. The fraction of sp³-hybridized carbons (Fsp3) is 0.500. The monoisotopic (exact) mass is 489 g/mol. The molecule has 0 amide bonds. The Balaban J connectivity index is 1.33. The highest BCUT2D eigenvalue weighted by atomic mass is 32.2. The average molecular weight is 490 g/mol. The van der Waals surface area contributed by atoms with Gasteiger partial charge in [-0.3, -0.25) is 14.6 Å². The number of pyridine rings is 1. The molecule has 1 fully saturated rings. The molecule has 0 radical (unpaired) electrons. The zero-order valence-corrected chi connectivity index (χ0v) is 19.4. The molecule has 0 aromatic carbocycles. The predicted molar refractivity (Wildman–Crippen MR) is 120 cm³/mol. The number of hydrogen-bond donors (Lipinski definition) is 2. The lowest BCUT2D eigenvalue weighted by Crippen LogP contribution is -2.23. The minimum Gasteiger partial charge on any atom is -0.457 e. The third kappa shape index (κ3) is 5.57. The van der Waals surface area contributed by atoms with Crippen molar-refractivity contribution in [3.05, 3.63) is 47.2 Å². The van der Waals surface area contributed by atoms with Crippen LogP contribution in [0, 0.1) is 11.8 Å². The van der Waals surface area contributed by atoms with Gasteiger partial charge in [0.05, 0.1) is 25.0 Å². The molecule has 0 spiro atoms. The van der Waals surface area contributed by atoms with Gasteiger partial charge in [-0.1, -0.05) is 0 Å². The molecule has 2 aromatic rings. The number of aliphatic hydroxyl groups excluding tert-OH is 2. The summed E-state index contributed by atoms with van der Waals surface area (Å²) in [5, 5.41) is 18.9. The summed E-state index contributed by atoms with van der Waals surface area (Å²) < 4.78 is 15.9. The van der Waals surface area contributed by atoms with Gasteiger partial charge in [0.25, 0.3) is 0 Å². The highest BCUT2D eigenvalue weighted by Crippen LogP contribution is 2.37. The second-order valence-electron chi connectivity index (χ2n) is 8.39. The fourth-order valence-corrected chi connectivity index (χ4v) is 5.65. The van der Waals surface area contributed by atoms with Gasteiger partial charge in [-0.2, -0.15) is 0 Å². The molecule has 0 saturated heterocycles. The van der Waals surface area contributed by atoms with E-state index in [0.29, 0.717) is 23.6 Å². The smallest absolute Gasteiger partial charge is 0.374 e. The number of nitrogens with zero attached hydrogens (tertiary/aromatic N) is 1. The van der Waals surface area contributed by atoms with Crippen LogP contribution >= 0.6 is 11.8 Å². The Morgan fingerprint density at radius 2 is 2.12 bits per heavy atom. The summed E-state index contributed by atoms with van der Waals surface area (Å²) in [7, 11) is 0. The van der Waals surface area contributed by atoms with E-state index >= 15 is 0 Å². The number of Topliss-reactive ketones (excluding diaryl/α,β-unsaturated/α-hetero) is 2. The van der Waals surface area contributed by atoms with Crippen molar-refractivity contribution >= 4 is 29.3 Å². The van der Waals surface area contributed by atoms with Gasteiger partial charge in [0, 0.05) is 35.1 Å². The lowest BCUT2D eigenvalue weighted by Gasteiger charge is -2.23. The lowest BCUT2D eigenvalue weighted by atomic mass is 9.94. The molecule has 2 aliphatic rings. The molecule has 2 aromatic heterocycles. The number of aromatic nitrogens is 1. The first kappa shape index (κ1) is 24.6. The highest BCUT2D eigenvalue weighted by molar-refractivity contribution is 7.99. The molecular weight excluding hydrogens is 462 g/mol. The van der Waals surface area contributed by atoms with Gasteiger partial charge in [0.1, 0.15) is 19.0 Å². The molecule has 4 rings (SSSR count). The standard InChI is InChI=1S/C24H27NO8S/c26-8-9-32-24(30)20-5-4-15(33-20)12-31-11-14-10-19(28)23(29)17(14)13-34-21-6-7-25-22-16(21)2-1-3-18(22)27/h4-7,14,17-18,26-27H,1-3,8-13H2/t14-,17-,18?/m1/s1. The molecule has 2 heterocycles. The van der Waals surface area contributed by atoms with E-state index in [4.69, 9.17) is 19.0 Å². The van der Waals surface area contributed by atoms with Gasteiger partial charge in [-0.05, 0) is 43.0 Å². The fourth-order valence-electron chi connectivity index (χ4n) is 4.33. The largest absolute Gasteiger partial charge is 0.457 e. The molecule has 1 saturated carbocycles. The average Bonchev–Trinajstić information content (AvgIpc) is 3.41. The number of ether oxygens (including phenoxy) is 2. The second-order valence-corrected chi connectivity index (χ2v) is 9.45. The van der Waals surface area contributed by atoms with Gasteiger partial charge in [-0.25, -0.2) is 4.79 Å². The minimum atomic E-state index is -0.671. The van der Waals surface area contributed by atoms with Crippen molar-refractivity contribution in [2.45, 2.75) is 43.3 Å². The van der Waals surface area contributed by atoms with Crippen LogP contribution in [0.25, 0.3) is 0 Å². The summed E-state index contributed by atoms with van der Waals surface area (Å²) in [5.74, 6) is -1.22. The minimum absolute atomic E-state index is 0.0124. The van der Waals surface area contributed by atoms with E-state index in [1.54, 1.807) is 12.3 Å². The predicted octanol–water partition coefficient (Wildman–Crippen LogP) is 2.28. The number of thioether (sulfide) groups is 1. The first-order valence-electron chi connectivity index (χ1n) is 11.3. The van der Waals surface area contributed by atoms with Crippen LogP contribution in [-0.4, -0.2) is 58.3 Å². The van der Waals surface area contributed by atoms with Crippen molar-refractivity contribution in [2.24, 2.45) is 11.8 Å². The molecule has 0 bridgehead atoms. The van der Waals surface area contributed by atoms with Crippen molar-refractivity contribution in [3.8, 4) is 0 Å².